The van der Waals surface area contributed by atoms with Crippen molar-refractivity contribution < 1.29 is 9.59 Å². The maximum atomic E-state index is 12.5. The number of anilines is 1. The van der Waals surface area contributed by atoms with Crippen molar-refractivity contribution in [2.75, 3.05) is 32.5 Å². The molecule has 8 heteroatoms. The van der Waals surface area contributed by atoms with Gasteiger partial charge in [0.05, 0.1) is 11.9 Å². The Morgan fingerprint density at radius 3 is 2.62 bits per heavy atom. The average molecular weight is 358 g/mol. The predicted octanol–water partition coefficient (Wildman–Crippen LogP) is 0.374. The quantitative estimate of drug-likeness (QED) is 0.632. The lowest BCUT2D eigenvalue weighted by Crippen LogP contribution is -2.45. The zero-order valence-electron chi connectivity index (χ0n) is 15.4. The smallest absolute Gasteiger partial charge is 0.248 e. The van der Waals surface area contributed by atoms with Gasteiger partial charge < -0.3 is 21.3 Å². The lowest BCUT2D eigenvalue weighted by atomic mass is 9.92. The highest BCUT2D eigenvalue weighted by Crippen LogP contribution is 2.19. The highest BCUT2D eigenvalue weighted by atomic mass is 16.2. The fraction of sp³-hybridized carbons (Fsp3) is 0.389. The Morgan fingerprint density at radius 2 is 1.96 bits per heavy atom. The minimum absolute atomic E-state index is 0.0852. The zero-order chi connectivity index (χ0) is 19.2. The molecule has 4 N–H and O–H groups in total. The number of aromatic nitrogens is 2. The van der Waals surface area contributed by atoms with Crippen LogP contribution in [0.2, 0.25) is 0 Å². The molecule has 140 valence electrons. The Labute approximate surface area is 153 Å². The fourth-order valence-electron chi connectivity index (χ4n) is 2.31. The van der Waals surface area contributed by atoms with Gasteiger partial charge in [0.1, 0.15) is 12.1 Å². The Balaban J connectivity index is 1.91. The van der Waals surface area contributed by atoms with Crippen LogP contribution in [0.3, 0.4) is 0 Å². The molecule has 0 radical (unpaired) electrons. The number of nitrogens with two attached hydrogens (primary N) is 1. The first-order valence-electron chi connectivity index (χ1n) is 8.39. The van der Waals surface area contributed by atoms with Crippen molar-refractivity contribution in [3.05, 3.63) is 48.3 Å². The van der Waals surface area contributed by atoms with E-state index in [0.717, 1.165) is 6.54 Å². The number of carbonyl (C=O) groups is 2. The largest absolute Gasteiger partial charge is 0.353 e. The summed E-state index contributed by atoms with van der Waals surface area (Å²) in [4.78, 5) is 26.4. The van der Waals surface area contributed by atoms with Gasteiger partial charge in [0.25, 0.3) is 0 Å². The molecule has 1 unspecified atom stereocenters. The second-order valence-electron chi connectivity index (χ2n) is 6.60. The average Bonchev–Trinajstić information content (AvgIpc) is 3.02. The van der Waals surface area contributed by atoms with Gasteiger partial charge in [0, 0.05) is 19.3 Å². The lowest BCUT2D eigenvalue weighted by Gasteiger charge is -2.23. The van der Waals surface area contributed by atoms with Gasteiger partial charge in [0.2, 0.25) is 11.8 Å². The second kappa shape index (κ2) is 8.59. The molecule has 0 fully saturated rings. The van der Waals surface area contributed by atoms with Crippen LogP contribution in [0.25, 0.3) is 0 Å². The third kappa shape index (κ3) is 5.40. The summed E-state index contributed by atoms with van der Waals surface area (Å²) in [6, 6.07) is 9.15. The Hall–Kier alpha value is -2.71. The van der Waals surface area contributed by atoms with E-state index in [1.807, 2.05) is 37.2 Å². The number of carbonyl (C=O) groups excluding carboxylic acids is 2. The van der Waals surface area contributed by atoms with Gasteiger partial charge in [-0.3, -0.25) is 14.3 Å². The molecule has 1 aromatic carbocycles. The first-order valence-corrected chi connectivity index (χ1v) is 8.39. The summed E-state index contributed by atoms with van der Waals surface area (Å²) in [5.74, 6) is -0.487. The zero-order valence-corrected chi connectivity index (χ0v) is 15.4. The van der Waals surface area contributed by atoms with Gasteiger partial charge in [-0.15, -0.1) is 0 Å². The number of amides is 2. The van der Waals surface area contributed by atoms with Gasteiger partial charge in [-0.2, -0.15) is 5.10 Å². The van der Waals surface area contributed by atoms with E-state index in [9.17, 15) is 9.59 Å². The summed E-state index contributed by atoms with van der Waals surface area (Å²) in [6.45, 7) is 3.07. The second-order valence-corrected chi connectivity index (χ2v) is 6.60. The molecule has 0 saturated carbocycles. The van der Waals surface area contributed by atoms with Gasteiger partial charge in [-0.1, -0.05) is 30.3 Å². The number of nitrogens with zero attached hydrogens (tertiary/aromatic N) is 3. The highest BCUT2D eigenvalue weighted by molar-refractivity contribution is 5.98. The third-order valence-corrected chi connectivity index (χ3v) is 3.92. The molecule has 2 amide bonds. The molecule has 26 heavy (non-hydrogen) atoms. The molecule has 8 nitrogen and oxygen atoms in total. The summed E-state index contributed by atoms with van der Waals surface area (Å²) in [5.41, 5.74) is 6.22. The van der Waals surface area contributed by atoms with Crippen LogP contribution >= 0.6 is 0 Å². The van der Waals surface area contributed by atoms with Crippen molar-refractivity contribution in [3.8, 4) is 0 Å². The molecule has 0 saturated heterocycles. The monoisotopic (exact) mass is 358 g/mol. The third-order valence-electron chi connectivity index (χ3n) is 3.92. The van der Waals surface area contributed by atoms with Gasteiger partial charge in [-0.25, -0.2) is 0 Å². The molecule has 1 aromatic heterocycles. The van der Waals surface area contributed by atoms with Crippen LogP contribution in [-0.2, 0) is 21.7 Å². The highest BCUT2D eigenvalue weighted by Gasteiger charge is 2.30. The van der Waals surface area contributed by atoms with Gasteiger partial charge in [-0.05, 0) is 26.6 Å². The fourth-order valence-corrected chi connectivity index (χ4v) is 2.31. The summed E-state index contributed by atoms with van der Waals surface area (Å²) < 4.78 is 1.47. The van der Waals surface area contributed by atoms with Crippen LogP contribution in [0.1, 0.15) is 12.5 Å². The molecule has 2 rings (SSSR count). The van der Waals surface area contributed by atoms with E-state index in [4.69, 9.17) is 5.73 Å². The first-order chi connectivity index (χ1) is 12.3. The molecule has 0 bridgehead atoms. The van der Waals surface area contributed by atoms with Crippen molar-refractivity contribution in [3.63, 3.8) is 0 Å². The van der Waals surface area contributed by atoms with Gasteiger partial charge >= 0.3 is 0 Å². The Morgan fingerprint density at radius 1 is 1.27 bits per heavy atom. The number of hydrogen-bond acceptors (Lipinski definition) is 5. The summed E-state index contributed by atoms with van der Waals surface area (Å²) in [6.07, 6.45) is 3.09. The van der Waals surface area contributed by atoms with Crippen LogP contribution in [0.4, 0.5) is 5.69 Å². The number of likely N-dealkylation sites (N-methyl/N-ethyl adjacent to an activating group) is 1. The summed E-state index contributed by atoms with van der Waals surface area (Å²) in [5, 5.41) is 9.65. The number of rotatable bonds is 8. The molecule has 0 aliphatic rings. The van der Waals surface area contributed by atoms with Crippen LogP contribution < -0.4 is 16.4 Å². The van der Waals surface area contributed by atoms with Crippen molar-refractivity contribution in [2.45, 2.75) is 19.0 Å². The minimum Gasteiger partial charge on any atom is -0.353 e. The van der Waals surface area contributed by atoms with Crippen molar-refractivity contribution in [2.24, 2.45) is 5.73 Å². The van der Waals surface area contributed by atoms with Crippen LogP contribution in [0.15, 0.2) is 42.7 Å². The first kappa shape index (κ1) is 19.6. The van der Waals surface area contributed by atoms with Crippen molar-refractivity contribution >= 4 is 17.5 Å². The Bertz CT molecular complexity index is 739. The van der Waals surface area contributed by atoms with Crippen LogP contribution in [-0.4, -0.2) is 53.7 Å². The Kier molecular flexibility index (Phi) is 6.48. The maximum Gasteiger partial charge on any atom is 0.248 e. The number of hydrogen-bond donors (Lipinski definition) is 3. The molecular weight excluding hydrogens is 332 g/mol. The molecule has 0 spiro atoms. The van der Waals surface area contributed by atoms with E-state index in [2.05, 4.69) is 15.7 Å². The SMILES string of the molecule is CN(C)CCNC(=O)Cn1cc(NC(=O)C(C)(N)c2ccccc2)cn1. The van der Waals surface area contributed by atoms with E-state index in [1.54, 1.807) is 25.3 Å². The number of nitrogens with one attached hydrogen (secondary N) is 2. The minimum atomic E-state index is -1.17. The normalized spacial score (nSPS) is 13.3. The van der Waals surface area contributed by atoms with Gasteiger partial charge in [0.15, 0.2) is 0 Å². The maximum absolute atomic E-state index is 12.5. The molecular formula is C18H26N6O2. The van der Waals surface area contributed by atoms with Crippen LogP contribution in [0, 0.1) is 0 Å². The van der Waals surface area contributed by atoms with E-state index in [-0.39, 0.29) is 18.4 Å². The molecule has 1 atom stereocenters. The molecule has 0 aliphatic carbocycles. The molecule has 2 aromatic rings. The summed E-state index contributed by atoms with van der Waals surface area (Å²) in [7, 11) is 3.88. The van der Waals surface area contributed by atoms with Crippen molar-refractivity contribution in [1.29, 1.82) is 0 Å². The molecule has 0 aliphatic heterocycles. The van der Waals surface area contributed by atoms with E-state index in [0.29, 0.717) is 17.8 Å². The topological polar surface area (TPSA) is 105 Å². The van der Waals surface area contributed by atoms with E-state index < -0.39 is 5.54 Å². The van der Waals surface area contributed by atoms with Crippen molar-refractivity contribution in [1.82, 2.24) is 20.0 Å². The predicted molar refractivity (Wildman–Crippen MR) is 100 cm³/mol. The van der Waals surface area contributed by atoms with Crippen LogP contribution in [0.5, 0.6) is 0 Å². The van der Waals surface area contributed by atoms with E-state index >= 15 is 0 Å². The molecule has 1 heterocycles. The van der Waals surface area contributed by atoms with E-state index in [1.165, 1.54) is 10.9 Å². The number of benzene rings is 1. The standard InChI is InChI=1S/C18H26N6O2/c1-18(19,14-7-5-4-6-8-14)17(26)22-15-11-21-24(12-15)13-16(25)20-9-10-23(2)3/h4-8,11-12H,9-10,13,19H2,1-3H3,(H,20,25)(H,22,26). The summed E-state index contributed by atoms with van der Waals surface area (Å²) >= 11 is 0. The lowest BCUT2D eigenvalue weighted by molar-refractivity contribution is -0.122.